The van der Waals surface area contributed by atoms with Gasteiger partial charge in [-0.2, -0.15) is 0 Å². The van der Waals surface area contributed by atoms with Crippen LogP contribution in [0.4, 0.5) is 11.4 Å². The van der Waals surface area contributed by atoms with E-state index in [0.29, 0.717) is 31.1 Å². The van der Waals surface area contributed by atoms with Crippen LogP contribution in [-0.2, 0) is 9.59 Å². The quantitative estimate of drug-likeness (QED) is 0.701. The zero-order valence-corrected chi connectivity index (χ0v) is 17.8. The van der Waals surface area contributed by atoms with Gasteiger partial charge in [-0.15, -0.1) is 0 Å². The maximum Gasteiger partial charge on any atom is 0.239 e. The van der Waals surface area contributed by atoms with Crippen molar-refractivity contribution in [3.8, 4) is 5.75 Å². The predicted octanol–water partition coefficient (Wildman–Crippen LogP) is 3.44. The molecule has 1 unspecified atom stereocenters. The number of ether oxygens (including phenoxy) is 1. The lowest BCUT2D eigenvalue weighted by molar-refractivity contribution is -0.139. The molecule has 0 saturated carbocycles. The molecule has 2 aliphatic heterocycles. The van der Waals surface area contributed by atoms with Crippen LogP contribution < -0.4 is 14.5 Å². The van der Waals surface area contributed by atoms with Gasteiger partial charge in [0.15, 0.2) is 0 Å². The van der Waals surface area contributed by atoms with E-state index >= 15 is 0 Å². The minimum atomic E-state index is -0.590. The normalized spacial score (nSPS) is 19.7. The molecule has 2 amide bonds. The molecule has 2 fully saturated rings. The van der Waals surface area contributed by atoms with Gasteiger partial charge in [-0.3, -0.25) is 9.59 Å². The second kappa shape index (κ2) is 8.96. The van der Waals surface area contributed by atoms with Gasteiger partial charge in [-0.05, 0) is 61.4 Å². The fourth-order valence-electron chi connectivity index (χ4n) is 4.20. The zero-order chi connectivity index (χ0) is 21.1. The van der Waals surface area contributed by atoms with E-state index < -0.39 is 5.92 Å². The smallest absolute Gasteiger partial charge is 0.239 e. The van der Waals surface area contributed by atoms with Crippen LogP contribution in [0.25, 0.3) is 0 Å². The largest absolute Gasteiger partial charge is 0.497 e. The summed E-state index contributed by atoms with van der Waals surface area (Å²) in [5.74, 6) is 0.0789. The van der Waals surface area contributed by atoms with E-state index in [0.717, 1.165) is 36.6 Å². The summed E-state index contributed by atoms with van der Waals surface area (Å²) in [5, 5.41) is 0.629. The Morgan fingerprint density at radius 2 is 1.63 bits per heavy atom. The third kappa shape index (κ3) is 4.24. The zero-order valence-electron chi connectivity index (χ0n) is 17.1. The van der Waals surface area contributed by atoms with Crippen LogP contribution in [0, 0.1) is 5.92 Å². The molecule has 7 heteroatoms. The monoisotopic (exact) mass is 427 g/mol. The molecule has 2 aliphatic rings. The topological polar surface area (TPSA) is 53.1 Å². The molecule has 4 rings (SSSR count). The van der Waals surface area contributed by atoms with Crippen molar-refractivity contribution in [3.63, 3.8) is 0 Å². The average molecular weight is 428 g/mol. The Labute approximate surface area is 182 Å². The summed E-state index contributed by atoms with van der Waals surface area (Å²) in [7, 11) is 1.66. The Balaban J connectivity index is 1.39. The van der Waals surface area contributed by atoms with E-state index in [1.165, 1.54) is 0 Å². The highest BCUT2D eigenvalue weighted by atomic mass is 35.5. The van der Waals surface area contributed by atoms with Gasteiger partial charge in [0.2, 0.25) is 11.8 Å². The number of nitrogens with zero attached hydrogens (tertiary/aromatic N) is 3. The number of halogens is 1. The Morgan fingerprint density at radius 3 is 2.33 bits per heavy atom. The van der Waals surface area contributed by atoms with E-state index in [9.17, 15) is 9.59 Å². The SMILES string of the molecule is COc1ccc(N2CCCN(C(=O)C3CCN(c4ccc(Cl)cc4)C3=O)CC2)cc1. The van der Waals surface area contributed by atoms with Gasteiger partial charge in [0, 0.05) is 49.1 Å². The van der Waals surface area contributed by atoms with Gasteiger partial charge in [-0.1, -0.05) is 11.6 Å². The number of hydrogen-bond acceptors (Lipinski definition) is 4. The van der Waals surface area contributed by atoms with Crippen molar-refractivity contribution in [2.24, 2.45) is 5.92 Å². The molecule has 0 aromatic heterocycles. The Bertz CT molecular complexity index is 901. The number of anilines is 2. The standard InChI is InChI=1S/C23H26ClN3O3/c1-30-20-9-7-18(8-10-20)25-12-2-13-26(16-15-25)22(28)21-11-14-27(23(21)29)19-5-3-17(24)4-6-19/h3-10,21H,2,11-16H2,1H3. The van der Waals surface area contributed by atoms with Gasteiger partial charge in [0.1, 0.15) is 11.7 Å². The summed E-state index contributed by atoms with van der Waals surface area (Å²) < 4.78 is 5.23. The van der Waals surface area contributed by atoms with Crippen LogP contribution in [0.1, 0.15) is 12.8 Å². The van der Waals surface area contributed by atoms with Crippen LogP contribution in [-0.4, -0.2) is 56.5 Å². The number of amides is 2. The van der Waals surface area contributed by atoms with Gasteiger partial charge in [0.05, 0.1) is 7.11 Å². The van der Waals surface area contributed by atoms with Crippen molar-refractivity contribution in [1.29, 1.82) is 0 Å². The Hall–Kier alpha value is -2.73. The number of benzene rings is 2. The number of carbonyl (C=O) groups excluding carboxylic acids is 2. The third-order valence-electron chi connectivity index (χ3n) is 5.89. The molecule has 158 valence electrons. The summed E-state index contributed by atoms with van der Waals surface area (Å²) in [5.41, 5.74) is 1.91. The highest BCUT2D eigenvalue weighted by Gasteiger charge is 2.40. The summed E-state index contributed by atoms with van der Waals surface area (Å²) in [6, 6.07) is 15.2. The molecule has 2 saturated heterocycles. The summed E-state index contributed by atoms with van der Waals surface area (Å²) in [6.07, 6.45) is 1.43. The molecular formula is C23H26ClN3O3. The Kier molecular flexibility index (Phi) is 6.13. The summed E-state index contributed by atoms with van der Waals surface area (Å²) in [6.45, 7) is 3.49. The van der Waals surface area contributed by atoms with Crippen molar-refractivity contribution < 1.29 is 14.3 Å². The molecule has 0 radical (unpaired) electrons. The van der Waals surface area contributed by atoms with Crippen LogP contribution >= 0.6 is 11.6 Å². The molecule has 0 aliphatic carbocycles. The minimum Gasteiger partial charge on any atom is -0.497 e. The first-order valence-corrected chi connectivity index (χ1v) is 10.7. The van der Waals surface area contributed by atoms with Crippen LogP contribution in [0.3, 0.4) is 0 Å². The lowest BCUT2D eigenvalue weighted by Gasteiger charge is -2.25. The lowest BCUT2D eigenvalue weighted by Crippen LogP contribution is -2.42. The maximum absolute atomic E-state index is 13.1. The molecule has 0 bridgehead atoms. The number of methoxy groups -OCH3 is 1. The molecule has 0 N–H and O–H groups in total. The molecule has 2 aromatic carbocycles. The molecule has 1 atom stereocenters. The molecular weight excluding hydrogens is 402 g/mol. The summed E-state index contributed by atoms with van der Waals surface area (Å²) >= 11 is 5.95. The second-order valence-corrected chi connectivity index (χ2v) is 8.11. The first-order valence-electron chi connectivity index (χ1n) is 10.3. The molecule has 2 aromatic rings. The number of hydrogen-bond donors (Lipinski definition) is 0. The van der Waals surface area contributed by atoms with Crippen LogP contribution in [0.15, 0.2) is 48.5 Å². The number of carbonyl (C=O) groups is 2. The summed E-state index contributed by atoms with van der Waals surface area (Å²) in [4.78, 5) is 31.9. The van der Waals surface area contributed by atoms with Crippen molar-refractivity contribution in [2.75, 3.05) is 49.6 Å². The van der Waals surface area contributed by atoms with Crippen molar-refractivity contribution in [3.05, 3.63) is 53.6 Å². The molecule has 0 spiro atoms. The van der Waals surface area contributed by atoms with Gasteiger partial charge in [0.25, 0.3) is 0 Å². The fourth-order valence-corrected chi connectivity index (χ4v) is 4.32. The van der Waals surface area contributed by atoms with E-state index in [4.69, 9.17) is 16.3 Å². The molecule has 30 heavy (non-hydrogen) atoms. The van der Waals surface area contributed by atoms with Gasteiger partial charge < -0.3 is 19.4 Å². The van der Waals surface area contributed by atoms with Crippen LogP contribution in [0.5, 0.6) is 5.75 Å². The van der Waals surface area contributed by atoms with E-state index in [-0.39, 0.29) is 11.8 Å². The number of rotatable bonds is 4. The predicted molar refractivity (Wildman–Crippen MR) is 118 cm³/mol. The highest BCUT2D eigenvalue weighted by molar-refractivity contribution is 6.30. The second-order valence-electron chi connectivity index (χ2n) is 7.67. The lowest BCUT2D eigenvalue weighted by atomic mass is 10.1. The van der Waals surface area contributed by atoms with Crippen molar-refractivity contribution in [1.82, 2.24) is 4.90 Å². The van der Waals surface area contributed by atoms with E-state index in [2.05, 4.69) is 4.90 Å². The van der Waals surface area contributed by atoms with Crippen LogP contribution in [0.2, 0.25) is 5.02 Å². The minimum absolute atomic E-state index is 0.0481. The molecule has 2 heterocycles. The fraction of sp³-hybridized carbons (Fsp3) is 0.391. The van der Waals surface area contributed by atoms with Gasteiger partial charge in [-0.25, -0.2) is 0 Å². The third-order valence-corrected chi connectivity index (χ3v) is 6.14. The van der Waals surface area contributed by atoms with Crippen molar-refractivity contribution >= 4 is 34.8 Å². The maximum atomic E-state index is 13.1. The average Bonchev–Trinajstić information content (AvgIpc) is 2.99. The van der Waals surface area contributed by atoms with E-state index in [1.54, 1.807) is 24.1 Å². The Morgan fingerprint density at radius 1 is 0.933 bits per heavy atom. The first kappa shape index (κ1) is 20.5. The van der Waals surface area contributed by atoms with E-state index in [1.807, 2.05) is 41.3 Å². The van der Waals surface area contributed by atoms with Gasteiger partial charge >= 0.3 is 0 Å². The van der Waals surface area contributed by atoms with Crippen molar-refractivity contribution in [2.45, 2.75) is 12.8 Å². The first-order chi connectivity index (χ1) is 14.6. The highest BCUT2D eigenvalue weighted by Crippen LogP contribution is 2.28. The molecule has 6 nitrogen and oxygen atoms in total.